The predicted molar refractivity (Wildman–Crippen MR) is 124 cm³/mol. The number of ether oxygens (including phenoxy) is 1. The molecule has 1 atom stereocenters. The Labute approximate surface area is 198 Å². The van der Waals surface area contributed by atoms with E-state index in [0.29, 0.717) is 22.2 Å². The van der Waals surface area contributed by atoms with E-state index in [-0.39, 0.29) is 17.2 Å². The Morgan fingerprint density at radius 2 is 1.66 bits per heavy atom. The van der Waals surface area contributed by atoms with Crippen molar-refractivity contribution < 1.29 is 32.6 Å². The molecular formula is C26H21F3N2O4. The maximum absolute atomic E-state index is 13.2. The molecule has 0 aliphatic heterocycles. The maximum atomic E-state index is 13.2. The monoisotopic (exact) mass is 482 g/mol. The van der Waals surface area contributed by atoms with E-state index in [9.17, 15) is 22.8 Å². The molecule has 4 rings (SSSR count). The van der Waals surface area contributed by atoms with Crippen LogP contribution in [0.15, 0.2) is 72.9 Å². The summed E-state index contributed by atoms with van der Waals surface area (Å²) in [7, 11) is 1.77. The number of carbonyl (C=O) groups is 2. The minimum absolute atomic E-state index is 0.145. The van der Waals surface area contributed by atoms with Gasteiger partial charge in [-0.15, -0.1) is 0 Å². The van der Waals surface area contributed by atoms with E-state index in [2.05, 4.69) is 5.32 Å². The SMILES string of the molecule is CC(NC(=O)c1cn(C)c2cccc(Oc3ccc(C(F)(F)F)cc3)c12)c1ccc(C(=O)O)cc1. The summed E-state index contributed by atoms with van der Waals surface area (Å²) in [6.07, 6.45) is -2.80. The van der Waals surface area contributed by atoms with Gasteiger partial charge in [-0.05, 0) is 61.0 Å². The van der Waals surface area contributed by atoms with Crippen molar-refractivity contribution in [2.45, 2.75) is 19.1 Å². The number of carboxylic acid groups (broad SMARTS) is 1. The summed E-state index contributed by atoms with van der Waals surface area (Å²) in [6.45, 7) is 1.78. The Balaban J connectivity index is 1.62. The van der Waals surface area contributed by atoms with Crippen LogP contribution in [0.2, 0.25) is 0 Å². The first kappa shape index (κ1) is 23.9. The topological polar surface area (TPSA) is 80.6 Å². The molecule has 6 nitrogen and oxygen atoms in total. The van der Waals surface area contributed by atoms with Crippen LogP contribution in [-0.4, -0.2) is 21.6 Å². The molecule has 2 N–H and O–H groups in total. The van der Waals surface area contributed by atoms with Crippen LogP contribution in [0.4, 0.5) is 13.2 Å². The van der Waals surface area contributed by atoms with Gasteiger partial charge in [0.25, 0.3) is 5.91 Å². The Morgan fingerprint density at radius 3 is 2.26 bits per heavy atom. The zero-order chi connectivity index (χ0) is 25.3. The lowest BCUT2D eigenvalue weighted by Gasteiger charge is -2.15. The number of aromatic carboxylic acids is 1. The van der Waals surface area contributed by atoms with Crippen molar-refractivity contribution in [2.75, 3.05) is 0 Å². The molecule has 35 heavy (non-hydrogen) atoms. The van der Waals surface area contributed by atoms with Crippen LogP contribution in [0.25, 0.3) is 10.9 Å². The molecule has 1 heterocycles. The summed E-state index contributed by atoms with van der Waals surface area (Å²) in [5.74, 6) is -0.891. The Hall–Kier alpha value is -4.27. The number of nitrogens with zero attached hydrogens (tertiary/aromatic N) is 1. The Bertz CT molecular complexity index is 1390. The van der Waals surface area contributed by atoms with E-state index in [0.717, 1.165) is 17.7 Å². The molecule has 0 fully saturated rings. The number of hydrogen-bond acceptors (Lipinski definition) is 3. The summed E-state index contributed by atoms with van der Waals surface area (Å²) >= 11 is 0. The number of halogens is 3. The lowest BCUT2D eigenvalue weighted by Crippen LogP contribution is -2.26. The number of amides is 1. The number of carboxylic acids is 1. The first-order valence-electron chi connectivity index (χ1n) is 10.6. The average molecular weight is 482 g/mol. The summed E-state index contributed by atoms with van der Waals surface area (Å²) in [5, 5.41) is 12.5. The fourth-order valence-corrected chi connectivity index (χ4v) is 3.78. The van der Waals surface area contributed by atoms with E-state index < -0.39 is 23.8 Å². The van der Waals surface area contributed by atoms with Gasteiger partial charge >= 0.3 is 12.1 Å². The minimum atomic E-state index is -4.45. The third-order valence-corrected chi connectivity index (χ3v) is 5.64. The standard InChI is InChI=1S/C26H21F3N2O4/c1-15(16-6-8-17(9-7-16)25(33)34)30-24(32)20-14-31(2)21-4-3-5-22(23(20)21)35-19-12-10-18(11-13-19)26(27,28)29/h3-15H,1-2H3,(H,30,32)(H,33,34). The molecule has 0 bridgehead atoms. The van der Waals surface area contributed by atoms with Crippen molar-refractivity contribution >= 4 is 22.8 Å². The van der Waals surface area contributed by atoms with E-state index in [1.54, 1.807) is 55.1 Å². The molecule has 1 amide bonds. The number of carbonyl (C=O) groups excluding carboxylic acids is 1. The molecule has 1 aromatic heterocycles. The van der Waals surface area contributed by atoms with Gasteiger partial charge in [-0.1, -0.05) is 18.2 Å². The van der Waals surface area contributed by atoms with E-state index in [1.807, 2.05) is 0 Å². The van der Waals surface area contributed by atoms with Crippen LogP contribution in [0.5, 0.6) is 11.5 Å². The highest BCUT2D eigenvalue weighted by molar-refractivity contribution is 6.09. The van der Waals surface area contributed by atoms with Gasteiger partial charge in [-0.3, -0.25) is 4.79 Å². The highest BCUT2D eigenvalue weighted by Gasteiger charge is 2.30. The molecule has 9 heteroatoms. The van der Waals surface area contributed by atoms with E-state index in [4.69, 9.17) is 9.84 Å². The zero-order valence-corrected chi connectivity index (χ0v) is 18.8. The number of benzene rings is 3. The third-order valence-electron chi connectivity index (χ3n) is 5.64. The molecule has 0 radical (unpaired) electrons. The van der Waals surface area contributed by atoms with Gasteiger partial charge in [0.2, 0.25) is 0 Å². The number of aromatic nitrogens is 1. The Morgan fingerprint density at radius 1 is 1.00 bits per heavy atom. The molecular weight excluding hydrogens is 461 g/mol. The number of nitrogens with one attached hydrogen (secondary N) is 1. The molecule has 1 unspecified atom stereocenters. The van der Waals surface area contributed by atoms with Gasteiger partial charge in [0.1, 0.15) is 11.5 Å². The molecule has 0 aliphatic rings. The molecule has 0 spiro atoms. The Kier molecular flexibility index (Phi) is 6.26. The smallest absolute Gasteiger partial charge is 0.416 e. The molecule has 0 saturated carbocycles. The highest BCUT2D eigenvalue weighted by Crippen LogP contribution is 2.35. The lowest BCUT2D eigenvalue weighted by molar-refractivity contribution is -0.137. The van der Waals surface area contributed by atoms with Gasteiger partial charge in [-0.25, -0.2) is 4.79 Å². The molecule has 3 aromatic carbocycles. The maximum Gasteiger partial charge on any atom is 0.416 e. The summed E-state index contributed by atoms with van der Waals surface area (Å²) < 4.78 is 46.2. The zero-order valence-electron chi connectivity index (χ0n) is 18.8. The van der Waals surface area contributed by atoms with Crippen molar-refractivity contribution in [2.24, 2.45) is 7.05 Å². The second kappa shape index (κ2) is 9.17. The quantitative estimate of drug-likeness (QED) is 0.344. The molecule has 4 aromatic rings. The van der Waals surface area contributed by atoms with Gasteiger partial charge in [0.15, 0.2) is 0 Å². The largest absolute Gasteiger partial charge is 0.478 e. The second-order valence-electron chi connectivity index (χ2n) is 8.05. The number of rotatable bonds is 6. The van der Waals surface area contributed by atoms with E-state index >= 15 is 0 Å². The van der Waals surface area contributed by atoms with Crippen molar-refractivity contribution in [3.8, 4) is 11.5 Å². The summed E-state index contributed by atoms with van der Waals surface area (Å²) in [4.78, 5) is 24.3. The van der Waals surface area contributed by atoms with Crippen molar-refractivity contribution in [1.29, 1.82) is 0 Å². The van der Waals surface area contributed by atoms with Gasteiger partial charge in [0, 0.05) is 13.2 Å². The molecule has 0 saturated heterocycles. The first-order valence-corrected chi connectivity index (χ1v) is 10.6. The number of aryl methyl sites for hydroxylation is 1. The number of alkyl halides is 3. The van der Waals surface area contributed by atoms with Crippen LogP contribution in [0.1, 0.15) is 44.8 Å². The van der Waals surface area contributed by atoms with Crippen LogP contribution >= 0.6 is 0 Å². The molecule has 0 aliphatic carbocycles. The van der Waals surface area contributed by atoms with Crippen molar-refractivity contribution in [3.05, 3.63) is 95.2 Å². The number of fused-ring (bicyclic) bond motifs is 1. The summed E-state index contributed by atoms with van der Waals surface area (Å²) in [5.41, 5.74) is 1.13. The van der Waals surface area contributed by atoms with Gasteiger partial charge in [0.05, 0.1) is 33.6 Å². The van der Waals surface area contributed by atoms with Crippen molar-refractivity contribution in [3.63, 3.8) is 0 Å². The fraction of sp³-hybridized carbons (Fsp3) is 0.154. The average Bonchev–Trinajstić information content (AvgIpc) is 3.16. The van der Waals surface area contributed by atoms with Crippen LogP contribution in [-0.2, 0) is 13.2 Å². The van der Waals surface area contributed by atoms with Crippen LogP contribution in [0, 0.1) is 0 Å². The van der Waals surface area contributed by atoms with Crippen LogP contribution < -0.4 is 10.1 Å². The minimum Gasteiger partial charge on any atom is -0.478 e. The van der Waals surface area contributed by atoms with Gasteiger partial charge < -0.3 is 19.7 Å². The normalized spacial score (nSPS) is 12.4. The fourth-order valence-electron chi connectivity index (χ4n) is 3.78. The summed E-state index contributed by atoms with van der Waals surface area (Å²) in [6, 6.07) is 15.3. The number of hydrogen-bond donors (Lipinski definition) is 2. The third kappa shape index (κ3) is 4.98. The first-order chi connectivity index (χ1) is 16.5. The molecule has 180 valence electrons. The van der Waals surface area contributed by atoms with E-state index in [1.165, 1.54) is 24.3 Å². The highest BCUT2D eigenvalue weighted by atomic mass is 19.4. The van der Waals surface area contributed by atoms with Gasteiger partial charge in [-0.2, -0.15) is 13.2 Å². The predicted octanol–water partition coefficient (Wildman–Crippen LogP) is 6.18. The lowest BCUT2D eigenvalue weighted by atomic mass is 10.1. The van der Waals surface area contributed by atoms with Crippen molar-refractivity contribution in [1.82, 2.24) is 9.88 Å². The second-order valence-corrected chi connectivity index (χ2v) is 8.05. The van der Waals surface area contributed by atoms with Crippen LogP contribution in [0.3, 0.4) is 0 Å².